The Morgan fingerprint density at radius 3 is 2.60 bits per heavy atom. The fraction of sp³-hybridized carbons (Fsp3) is 0.538. The van der Waals surface area contributed by atoms with Crippen LogP contribution in [-0.2, 0) is 6.42 Å². The van der Waals surface area contributed by atoms with Crippen molar-refractivity contribution < 1.29 is 0 Å². The van der Waals surface area contributed by atoms with Gasteiger partial charge in [0.1, 0.15) is 0 Å². The molecule has 1 aromatic rings. The Balaban J connectivity index is 1.66. The third-order valence-electron chi connectivity index (χ3n) is 2.91. The number of hydrogen-bond donors (Lipinski definition) is 1. The van der Waals surface area contributed by atoms with E-state index in [2.05, 4.69) is 47.4 Å². The molecular formula is C13H19NS. The molecule has 1 N–H and O–H groups in total. The third-order valence-corrected chi connectivity index (χ3v) is 3.96. The number of thioether (sulfide) groups is 1. The molecule has 0 spiro atoms. The van der Waals surface area contributed by atoms with Gasteiger partial charge in [0.05, 0.1) is 0 Å². The van der Waals surface area contributed by atoms with Gasteiger partial charge in [-0.05, 0) is 42.9 Å². The second-order valence-corrected chi connectivity index (χ2v) is 5.30. The molecule has 0 saturated carbocycles. The van der Waals surface area contributed by atoms with E-state index >= 15 is 0 Å². The minimum absolute atomic E-state index is 0.773. The van der Waals surface area contributed by atoms with Crippen LogP contribution in [0.1, 0.15) is 18.4 Å². The standard InChI is InChI=1S/C13H19NS/c1-2-4-12(5-3-1)6-9-14-13-7-10-15-11-8-13/h1-5,13-14H,6-11H2. The molecule has 0 aromatic heterocycles. The van der Waals surface area contributed by atoms with Crippen molar-refractivity contribution in [3.63, 3.8) is 0 Å². The molecule has 15 heavy (non-hydrogen) atoms. The van der Waals surface area contributed by atoms with Gasteiger partial charge in [0.2, 0.25) is 0 Å². The zero-order chi connectivity index (χ0) is 10.3. The Labute approximate surface area is 96.7 Å². The molecular weight excluding hydrogens is 202 g/mol. The second kappa shape index (κ2) is 6.19. The molecule has 0 bridgehead atoms. The topological polar surface area (TPSA) is 12.0 Å². The Hall–Kier alpha value is -0.470. The van der Waals surface area contributed by atoms with E-state index in [0.29, 0.717) is 0 Å². The highest BCUT2D eigenvalue weighted by molar-refractivity contribution is 7.99. The summed E-state index contributed by atoms with van der Waals surface area (Å²) in [5.74, 6) is 2.67. The summed E-state index contributed by atoms with van der Waals surface area (Å²) in [4.78, 5) is 0. The highest BCUT2D eigenvalue weighted by Crippen LogP contribution is 2.16. The van der Waals surface area contributed by atoms with E-state index in [1.165, 1.54) is 29.9 Å². The molecule has 1 aliphatic heterocycles. The van der Waals surface area contributed by atoms with Gasteiger partial charge < -0.3 is 5.32 Å². The van der Waals surface area contributed by atoms with Gasteiger partial charge in [-0.3, -0.25) is 0 Å². The van der Waals surface area contributed by atoms with Crippen molar-refractivity contribution in [1.29, 1.82) is 0 Å². The molecule has 1 saturated heterocycles. The van der Waals surface area contributed by atoms with Crippen LogP contribution in [0.2, 0.25) is 0 Å². The number of rotatable bonds is 4. The van der Waals surface area contributed by atoms with E-state index in [0.717, 1.165) is 19.0 Å². The lowest BCUT2D eigenvalue weighted by atomic mass is 10.1. The van der Waals surface area contributed by atoms with Gasteiger partial charge in [0.25, 0.3) is 0 Å². The van der Waals surface area contributed by atoms with E-state index in [1.54, 1.807) is 0 Å². The van der Waals surface area contributed by atoms with Gasteiger partial charge in [-0.1, -0.05) is 30.3 Å². The van der Waals surface area contributed by atoms with Crippen LogP contribution in [0.4, 0.5) is 0 Å². The molecule has 0 unspecified atom stereocenters. The highest BCUT2D eigenvalue weighted by Gasteiger charge is 2.11. The van der Waals surface area contributed by atoms with Crippen molar-refractivity contribution in [1.82, 2.24) is 5.32 Å². The fourth-order valence-electron chi connectivity index (χ4n) is 1.97. The monoisotopic (exact) mass is 221 g/mol. The van der Waals surface area contributed by atoms with Crippen LogP contribution in [0.15, 0.2) is 30.3 Å². The Kier molecular flexibility index (Phi) is 4.55. The predicted molar refractivity (Wildman–Crippen MR) is 68.5 cm³/mol. The largest absolute Gasteiger partial charge is 0.314 e. The van der Waals surface area contributed by atoms with Gasteiger partial charge in [-0.2, -0.15) is 11.8 Å². The van der Waals surface area contributed by atoms with Crippen LogP contribution < -0.4 is 5.32 Å². The minimum Gasteiger partial charge on any atom is -0.314 e. The molecule has 0 aliphatic carbocycles. The number of hydrogen-bond acceptors (Lipinski definition) is 2. The Morgan fingerprint density at radius 1 is 1.13 bits per heavy atom. The molecule has 1 fully saturated rings. The quantitative estimate of drug-likeness (QED) is 0.839. The Morgan fingerprint density at radius 2 is 1.87 bits per heavy atom. The first kappa shape index (κ1) is 11.0. The van der Waals surface area contributed by atoms with Crippen molar-refractivity contribution in [2.45, 2.75) is 25.3 Å². The van der Waals surface area contributed by atoms with Crippen molar-refractivity contribution in [3.05, 3.63) is 35.9 Å². The SMILES string of the molecule is c1ccc(CCNC2CCSCC2)cc1. The minimum atomic E-state index is 0.773. The molecule has 2 rings (SSSR count). The average molecular weight is 221 g/mol. The lowest BCUT2D eigenvalue weighted by Crippen LogP contribution is -2.33. The highest BCUT2D eigenvalue weighted by atomic mass is 32.2. The number of nitrogens with one attached hydrogen (secondary N) is 1. The summed E-state index contributed by atoms with van der Waals surface area (Å²) in [5.41, 5.74) is 1.44. The molecule has 1 nitrogen and oxygen atoms in total. The van der Waals surface area contributed by atoms with E-state index in [1.807, 2.05) is 0 Å². The molecule has 1 aliphatic rings. The van der Waals surface area contributed by atoms with Crippen molar-refractivity contribution >= 4 is 11.8 Å². The molecule has 1 aromatic carbocycles. The second-order valence-electron chi connectivity index (χ2n) is 4.08. The molecule has 1 heterocycles. The first-order valence-corrected chi connectivity index (χ1v) is 6.96. The van der Waals surface area contributed by atoms with Crippen LogP contribution in [0.5, 0.6) is 0 Å². The summed E-state index contributed by atoms with van der Waals surface area (Å²) in [7, 11) is 0. The summed E-state index contributed by atoms with van der Waals surface area (Å²) < 4.78 is 0. The van der Waals surface area contributed by atoms with E-state index < -0.39 is 0 Å². The van der Waals surface area contributed by atoms with Crippen LogP contribution in [0.25, 0.3) is 0 Å². The summed E-state index contributed by atoms with van der Waals surface area (Å²) >= 11 is 2.09. The maximum Gasteiger partial charge on any atom is 0.00829 e. The first-order chi connectivity index (χ1) is 7.45. The van der Waals surface area contributed by atoms with Crippen LogP contribution >= 0.6 is 11.8 Å². The molecule has 2 heteroatoms. The molecule has 82 valence electrons. The molecule has 0 amide bonds. The zero-order valence-electron chi connectivity index (χ0n) is 9.11. The van der Waals surface area contributed by atoms with Crippen LogP contribution in [-0.4, -0.2) is 24.1 Å². The summed E-state index contributed by atoms with van der Waals surface area (Å²) in [6.07, 6.45) is 3.85. The van der Waals surface area contributed by atoms with E-state index in [9.17, 15) is 0 Å². The van der Waals surface area contributed by atoms with Crippen LogP contribution in [0, 0.1) is 0 Å². The lowest BCUT2D eigenvalue weighted by Gasteiger charge is -2.22. The summed E-state index contributed by atoms with van der Waals surface area (Å²) in [6.45, 7) is 1.12. The lowest BCUT2D eigenvalue weighted by molar-refractivity contribution is 0.486. The maximum absolute atomic E-state index is 3.66. The van der Waals surface area contributed by atoms with Crippen LogP contribution in [0.3, 0.4) is 0 Å². The third kappa shape index (κ3) is 3.88. The van der Waals surface area contributed by atoms with Gasteiger partial charge in [-0.15, -0.1) is 0 Å². The zero-order valence-corrected chi connectivity index (χ0v) is 9.93. The fourth-order valence-corrected chi connectivity index (χ4v) is 3.07. The maximum atomic E-state index is 3.66. The van der Waals surface area contributed by atoms with Gasteiger partial charge in [0.15, 0.2) is 0 Å². The van der Waals surface area contributed by atoms with Gasteiger partial charge in [0, 0.05) is 6.04 Å². The first-order valence-electron chi connectivity index (χ1n) is 5.80. The van der Waals surface area contributed by atoms with Crippen molar-refractivity contribution in [2.24, 2.45) is 0 Å². The number of benzene rings is 1. The predicted octanol–water partition coefficient (Wildman–Crippen LogP) is 2.71. The smallest absolute Gasteiger partial charge is 0.00829 e. The summed E-state index contributed by atoms with van der Waals surface area (Å²) in [5, 5.41) is 3.66. The van der Waals surface area contributed by atoms with Crippen molar-refractivity contribution in [2.75, 3.05) is 18.1 Å². The van der Waals surface area contributed by atoms with E-state index in [-0.39, 0.29) is 0 Å². The average Bonchev–Trinajstić information content (AvgIpc) is 2.32. The van der Waals surface area contributed by atoms with Gasteiger partial charge in [-0.25, -0.2) is 0 Å². The normalized spacial score (nSPS) is 17.9. The van der Waals surface area contributed by atoms with Gasteiger partial charge >= 0.3 is 0 Å². The van der Waals surface area contributed by atoms with E-state index in [4.69, 9.17) is 0 Å². The molecule has 0 radical (unpaired) electrons. The summed E-state index contributed by atoms with van der Waals surface area (Å²) in [6, 6.07) is 11.5. The molecule has 0 atom stereocenters. The Bertz CT molecular complexity index is 267. The van der Waals surface area contributed by atoms with Crippen molar-refractivity contribution in [3.8, 4) is 0 Å².